The van der Waals surface area contributed by atoms with Gasteiger partial charge in [-0.15, -0.1) is 0 Å². The highest BCUT2D eigenvalue weighted by atomic mass is 32.3. The molecule has 0 radical (unpaired) electrons. The van der Waals surface area contributed by atoms with Gasteiger partial charge in [0.25, 0.3) is 0 Å². The minimum absolute atomic E-state index is 0.0729. The van der Waals surface area contributed by atoms with Gasteiger partial charge in [-0.05, 0) is 56.8 Å². The third-order valence-corrected chi connectivity index (χ3v) is 6.56. The molecule has 1 spiro atoms. The van der Waals surface area contributed by atoms with Gasteiger partial charge >= 0.3 is 10.4 Å². The maximum absolute atomic E-state index is 10.5. The number of nitrogens with zero attached hydrogens (tertiary/aromatic N) is 1. The number of phenols is 1. The van der Waals surface area contributed by atoms with Crippen molar-refractivity contribution in [2.45, 2.75) is 49.3 Å². The number of aromatic hydroxyl groups is 1. The first-order valence-corrected chi connectivity index (χ1v) is 10.1. The summed E-state index contributed by atoms with van der Waals surface area (Å²) >= 11 is 0. The van der Waals surface area contributed by atoms with Gasteiger partial charge in [0.05, 0.1) is 6.10 Å². The Hall–Kier alpha value is -1.39. The van der Waals surface area contributed by atoms with Crippen LogP contribution in [0, 0.1) is 5.92 Å². The van der Waals surface area contributed by atoms with E-state index in [-0.39, 0.29) is 17.3 Å². The minimum atomic E-state index is -4.67. The van der Waals surface area contributed by atoms with Gasteiger partial charge in [0.1, 0.15) is 6.10 Å². The van der Waals surface area contributed by atoms with Crippen molar-refractivity contribution in [2.24, 2.45) is 5.92 Å². The Labute approximate surface area is 152 Å². The fourth-order valence-electron chi connectivity index (χ4n) is 5.71. The summed E-state index contributed by atoms with van der Waals surface area (Å²) in [7, 11) is -2.44. The predicted octanol–water partition coefficient (Wildman–Crippen LogP) is 0.769. The molecule has 1 saturated carbocycles. The number of piperidine rings is 1. The summed E-state index contributed by atoms with van der Waals surface area (Å²) < 4.78 is 37.7. The molecule has 2 aliphatic heterocycles. The molecule has 9 heteroatoms. The van der Waals surface area contributed by atoms with Crippen LogP contribution in [0.5, 0.6) is 11.5 Å². The zero-order valence-electron chi connectivity index (χ0n) is 14.4. The number of likely N-dealkylation sites (N-methyl/N-ethyl adjacent to an activating group) is 1. The van der Waals surface area contributed by atoms with Crippen LogP contribution in [0.2, 0.25) is 0 Å². The first kappa shape index (κ1) is 18.0. The monoisotopic (exact) mass is 385 g/mol. The number of aliphatic hydroxyl groups excluding tert-OH is 1. The second-order valence-corrected chi connectivity index (χ2v) is 8.62. The summed E-state index contributed by atoms with van der Waals surface area (Å²) in [5.41, 5.74) is 2.46. The van der Waals surface area contributed by atoms with Crippen LogP contribution < -0.4 is 4.74 Å². The lowest BCUT2D eigenvalue weighted by Gasteiger charge is -2.58. The molecule has 1 aromatic carbocycles. The topological polar surface area (TPSA) is 128 Å². The molecule has 8 nitrogen and oxygen atoms in total. The summed E-state index contributed by atoms with van der Waals surface area (Å²) in [5, 5.41) is 20.8. The number of hydrogen-bond acceptors (Lipinski definition) is 6. The second kappa shape index (κ2) is 5.80. The van der Waals surface area contributed by atoms with Gasteiger partial charge in [0.15, 0.2) is 11.5 Å². The minimum Gasteiger partial charge on any atom is -0.504 e. The van der Waals surface area contributed by atoms with E-state index >= 15 is 0 Å². The zero-order chi connectivity index (χ0) is 18.9. The van der Waals surface area contributed by atoms with E-state index in [0.717, 1.165) is 32.2 Å². The van der Waals surface area contributed by atoms with Crippen LogP contribution in [0.15, 0.2) is 12.1 Å². The maximum Gasteiger partial charge on any atom is 0.394 e. The van der Waals surface area contributed by atoms with Crippen LogP contribution in [-0.4, -0.2) is 64.5 Å². The number of likely N-dealkylation sites (tertiary alicyclic amines) is 1. The van der Waals surface area contributed by atoms with E-state index in [2.05, 4.69) is 18.0 Å². The standard InChI is InChI=1S/C17H21NO3.H2O4S/c1-18-7-6-17-10-3-5-13(20)16(17)21-15-12(19)4-2-9(14(15)17)8-11(10)18;1-5(2,3)4/h2,4,10-11,13,16,19-20H,3,5-8H2,1H3;(H2,1,2,3,4). The quantitative estimate of drug-likeness (QED) is 0.482. The number of phenolic OH excluding ortho intramolecular Hbond substituents is 1. The summed E-state index contributed by atoms with van der Waals surface area (Å²) in [5.74, 6) is 1.44. The lowest BCUT2D eigenvalue weighted by molar-refractivity contribution is -0.0993. The second-order valence-electron chi connectivity index (χ2n) is 7.73. The number of benzene rings is 1. The van der Waals surface area contributed by atoms with E-state index in [4.69, 9.17) is 22.3 Å². The Morgan fingerprint density at radius 3 is 2.65 bits per heavy atom. The largest absolute Gasteiger partial charge is 0.504 e. The summed E-state index contributed by atoms with van der Waals surface area (Å²) in [6.07, 6.45) is 3.35. The summed E-state index contributed by atoms with van der Waals surface area (Å²) in [6.45, 7) is 1.04. The molecule has 0 aromatic heterocycles. The van der Waals surface area contributed by atoms with Gasteiger partial charge in [0, 0.05) is 17.0 Å². The van der Waals surface area contributed by atoms with Gasteiger partial charge in [-0.2, -0.15) is 8.42 Å². The van der Waals surface area contributed by atoms with Crippen LogP contribution in [0.1, 0.15) is 30.4 Å². The van der Waals surface area contributed by atoms with Crippen LogP contribution in [0.25, 0.3) is 0 Å². The van der Waals surface area contributed by atoms with Crippen LogP contribution >= 0.6 is 0 Å². The number of rotatable bonds is 0. The highest BCUT2D eigenvalue weighted by Crippen LogP contribution is 2.63. The van der Waals surface area contributed by atoms with E-state index in [1.165, 1.54) is 11.1 Å². The van der Waals surface area contributed by atoms with Gasteiger partial charge in [-0.3, -0.25) is 9.11 Å². The fraction of sp³-hybridized carbons (Fsp3) is 0.647. The van der Waals surface area contributed by atoms with E-state index in [9.17, 15) is 10.2 Å². The number of ether oxygens (including phenoxy) is 1. The van der Waals surface area contributed by atoms with Gasteiger partial charge in [0.2, 0.25) is 0 Å². The van der Waals surface area contributed by atoms with E-state index in [0.29, 0.717) is 17.7 Å². The number of aliphatic hydroxyl groups is 1. The van der Waals surface area contributed by atoms with Crippen molar-refractivity contribution in [1.29, 1.82) is 0 Å². The highest BCUT2D eigenvalue weighted by Gasteiger charge is 2.65. The van der Waals surface area contributed by atoms with E-state index in [1.807, 2.05) is 0 Å². The van der Waals surface area contributed by atoms with Crippen molar-refractivity contribution >= 4 is 10.4 Å². The molecule has 5 unspecified atom stereocenters. The van der Waals surface area contributed by atoms with Crippen molar-refractivity contribution in [1.82, 2.24) is 4.90 Å². The normalized spacial score (nSPS) is 37.2. The van der Waals surface area contributed by atoms with Crippen LogP contribution in [0.3, 0.4) is 0 Å². The predicted molar refractivity (Wildman–Crippen MR) is 91.8 cm³/mol. The Bertz CT molecular complexity index is 834. The van der Waals surface area contributed by atoms with Crippen molar-refractivity contribution in [3.8, 4) is 11.5 Å². The van der Waals surface area contributed by atoms with Crippen molar-refractivity contribution in [3.63, 3.8) is 0 Å². The molecular weight excluding hydrogens is 362 g/mol. The summed E-state index contributed by atoms with van der Waals surface area (Å²) in [4.78, 5) is 2.48. The number of hydrogen-bond donors (Lipinski definition) is 4. The van der Waals surface area contributed by atoms with Crippen molar-refractivity contribution in [2.75, 3.05) is 13.6 Å². The molecule has 1 saturated heterocycles. The molecule has 26 heavy (non-hydrogen) atoms. The first-order chi connectivity index (χ1) is 12.1. The fourth-order valence-corrected chi connectivity index (χ4v) is 5.71. The van der Waals surface area contributed by atoms with E-state index in [1.54, 1.807) is 6.07 Å². The molecule has 5 rings (SSSR count). The molecule has 4 aliphatic rings. The Morgan fingerprint density at radius 2 is 1.96 bits per heavy atom. The molecule has 2 bridgehead atoms. The third kappa shape index (κ3) is 2.53. The average Bonchev–Trinajstić information content (AvgIpc) is 2.89. The Kier molecular flexibility index (Phi) is 4.02. The molecule has 2 fully saturated rings. The molecular formula is C17H23NO7S. The summed E-state index contributed by atoms with van der Waals surface area (Å²) in [6, 6.07) is 4.36. The molecule has 5 atom stereocenters. The molecule has 144 valence electrons. The lowest BCUT2D eigenvalue weighted by Crippen LogP contribution is -2.66. The maximum atomic E-state index is 10.5. The van der Waals surface area contributed by atoms with E-state index < -0.39 is 16.5 Å². The smallest absolute Gasteiger partial charge is 0.394 e. The highest BCUT2D eigenvalue weighted by molar-refractivity contribution is 7.79. The first-order valence-electron chi connectivity index (χ1n) is 8.73. The lowest BCUT2D eigenvalue weighted by atomic mass is 9.51. The Morgan fingerprint density at radius 1 is 1.27 bits per heavy atom. The third-order valence-electron chi connectivity index (χ3n) is 6.56. The molecule has 4 N–H and O–H groups in total. The van der Waals surface area contributed by atoms with Crippen molar-refractivity contribution in [3.05, 3.63) is 23.3 Å². The SMILES string of the molecule is CN1CCC23c4c5ccc(O)c4OC2C(O)CCC3C1C5.O=S(=O)(O)O. The molecule has 2 heterocycles. The van der Waals surface area contributed by atoms with Gasteiger partial charge in [-0.1, -0.05) is 6.07 Å². The van der Waals surface area contributed by atoms with Gasteiger partial charge in [-0.25, -0.2) is 0 Å². The zero-order valence-corrected chi connectivity index (χ0v) is 15.2. The molecule has 1 aromatic rings. The van der Waals surface area contributed by atoms with Gasteiger partial charge < -0.3 is 19.8 Å². The molecule has 2 aliphatic carbocycles. The van der Waals surface area contributed by atoms with Crippen LogP contribution in [-0.2, 0) is 22.2 Å². The van der Waals surface area contributed by atoms with Crippen LogP contribution in [0.4, 0.5) is 0 Å². The van der Waals surface area contributed by atoms with Crippen molar-refractivity contribution < 1.29 is 32.5 Å². The Balaban J connectivity index is 0.000000301. The molecule has 0 amide bonds. The average molecular weight is 385 g/mol.